The number of rotatable bonds is 2. The van der Waals surface area contributed by atoms with Crippen LogP contribution in [0.2, 0.25) is 0 Å². The van der Waals surface area contributed by atoms with Crippen LogP contribution in [0.15, 0.2) is 0 Å². The standard InChI is InChI=1S/C12H22N2O2/c1-12(4-7-16-8-5-12)14-11(15)10-3-2-6-13-9-10/h10,13H,2-9H2,1H3,(H,14,15)/t10-/m0/s1. The van der Waals surface area contributed by atoms with Crippen molar-refractivity contribution in [3.8, 4) is 0 Å². The number of ether oxygens (including phenoxy) is 1. The van der Waals surface area contributed by atoms with Crippen LogP contribution in [0.5, 0.6) is 0 Å². The summed E-state index contributed by atoms with van der Waals surface area (Å²) < 4.78 is 5.33. The van der Waals surface area contributed by atoms with Crippen molar-refractivity contribution in [2.75, 3.05) is 26.3 Å². The number of amides is 1. The summed E-state index contributed by atoms with van der Waals surface area (Å²) in [5.41, 5.74) is -0.0488. The molecule has 2 saturated heterocycles. The van der Waals surface area contributed by atoms with Crippen LogP contribution < -0.4 is 10.6 Å². The lowest BCUT2D eigenvalue weighted by molar-refractivity contribution is -0.128. The molecule has 0 radical (unpaired) electrons. The van der Waals surface area contributed by atoms with Crippen LogP contribution in [0.3, 0.4) is 0 Å². The molecule has 0 aromatic carbocycles. The van der Waals surface area contributed by atoms with E-state index in [1.807, 2.05) is 0 Å². The number of carbonyl (C=O) groups excluding carboxylic acids is 1. The lowest BCUT2D eigenvalue weighted by Gasteiger charge is -2.36. The maximum absolute atomic E-state index is 12.1. The van der Waals surface area contributed by atoms with E-state index < -0.39 is 0 Å². The number of carbonyl (C=O) groups is 1. The van der Waals surface area contributed by atoms with Crippen LogP contribution in [0.4, 0.5) is 0 Å². The summed E-state index contributed by atoms with van der Waals surface area (Å²) in [6, 6.07) is 0. The minimum absolute atomic E-state index is 0.0488. The Labute approximate surface area is 97.1 Å². The molecule has 0 bridgehead atoms. The van der Waals surface area contributed by atoms with E-state index in [1.54, 1.807) is 0 Å². The zero-order valence-electron chi connectivity index (χ0n) is 10.1. The van der Waals surface area contributed by atoms with Gasteiger partial charge in [0.05, 0.1) is 5.92 Å². The van der Waals surface area contributed by atoms with Crippen molar-refractivity contribution in [3.63, 3.8) is 0 Å². The molecule has 4 heteroatoms. The molecule has 1 atom stereocenters. The fraction of sp³-hybridized carbons (Fsp3) is 0.917. The van der Waals surface area contributed by atoms with Gasteiger partial charge >= 0.3 is 0 Å². The summed E-state index contributed by atoms with van der Waals surface area (Å²) in [5.74, 6) is 0.380. The third kappa shape index (κ3) is 2.95. The topological polar surface area (TPSA) is 50.4 Å². The second kappa shape index (κ2) is 5.15. The molecule has 4 nitrogen and oxygen atoms in total. The van der Waals surface area contributed by atoms with Gasteiger partial charge in [-0.1, -0.05) is 0 Å². The molecule has 0 unspecified atom stereocenters. The molecule has 2 aliphatic heterocycles. The lowest BCUT2D eigenvalue weighted by atomic mass is 9.90. The van der Waals surface area contributed by atoms with Crippen LogP contribution >= 0.6 is 0 Å². The van der Waals surface area contributed by atoms with Crippen molar-refractivity contribution >= 4 is 5.91 Å². The van der Waals surface area contributed by atoms with E-state index in [-0.39, 0.29) is 17.4 Å². The molecule has 0 aromatic rings. The molecule has 0 aromatic heterocycles. The Morgan fingerprint density at radius 2 is 2.19 bits per heavy atom. The first kappa shape index (κ1) is 11.9. The minimum atomic E-state index is -0.0488. The fourth-order valence-corrected chi connectivity index (χ4v) is 2.42. The molecule has 2 rings (SSSR count). The van der Waals surface area contributed by atoms with Crippen molar-refractivity contribution in [2.24, 2.45) is 5.92 Å². The highest BCUT2D eigenvalue weighted by Crippen LogP contribution is 2.21. The van der Waals surface area contributed by atoms with E-state index in [4.69, 9.17) is 4.74 Å². The van der Waals surface area contributed by atoms with Gasteiger partial charge in [0, 0.05) is 25.3 Å². The molecule has 0 saturated carbocycles. The molecule has 2 fully saturated rings. The number of hydrogen-bond donors (Lipinski definition) is 2. The second-order valence-electron chi connectivity index (χ2n) is 5.21. The monoisotopic (exact) mass is 226 g/mol. The molecule has 92 valence electrons. The molecular formula is C12H22N2O2. The Kier molecular flexibility index (Phi) is 3.82. The van der Waals surface area contributed by atoms with Crippen LogP contribution in [-0.2, 0) is 9.53 Å². The van der Waals surface area contributed by atoms with E-state index >= 15 is 0 Å². The minimum Gasteiger partial charge on any atom is -0.381 e. The Morgan fingerprint density at radius 1 is 1.44 bits per heavy atom. The predicted molar refractivity (Wildman–Crippen MR) is 62.2 cm³/mol. The molecule has 1 amide bonds. The zero-order chi connectivity index (χ0) is 11.4. The Balaban J connectivity index is 1.85. The van der Waals surface area contributed by atoms with Gasteiger partial charge in [0.25, 0.3) is 0 Å². The average Bonchev–Trinajstić information content (AvgIpc) is 2.30. The first-order valence-corrected chi connectivity index (χ1v) is 6.30. The molecule has 2 heterocycles. The first-order valence-electron chi connectivity index (χ1n) is 6.30. The average molecular weight is 226 g/mol. The van der Waals surface area contributed by atoms with Gasteiger partial charge in [-0.15, -0.1) is 0 Å². The van der Waals surface area contributed by atoms with Crippen molar-refractivity contribution in [2.45, 2.75) is 38.1 Å². The third-order valence-corrected chi connectivity index (χ3v) is 3.69. The second-order valence-corrected chi connectivity index (χ2v) is 5.21. The van der Waals surface area contributed by atoms with Crippen molar-refractivity contribution in [1.29, 1.82) is 0 Å². The summed E-state index contributed by atoms with van der Waals surface area (Å²) in [5, 5.41) is 6.49. The molecule has 16 heavy (non-hydrogen) atoms. The van der Waals surface area contributed by atoms with Crippen molar-refractivity contribution in [3.05, 3.63) is 0 Å². The Hall–Kier alpha value is -0.610. The van der Waals surface area contributed by atoms with Gasteiger partial charge < -0.3 is 15.4 Å². The van der Waals surface area contributed by atoms with Gasteiger partial charge in [-0.3, -0.25) is 4.79 Å². The zero-order valence-corrected chi connectivity index (χ0v) is 10.1. The van der Waals surface area contributed by atoms with Gasteiger partial charge in [-0.05, 0) is 39.2 Å². The predicted octanol–water partition coefficient (Wildman–Crippen LogP) is 0.671. The van der Waals surface area contributed by atoms with E-state index in [9.17, 15) is 4.79 Å². The number of hydrogen-bond acceptors (Lipinski definition) is 3. The Bertz CT molecular complexity index is 243. The van der Waals surface area contributed by atoms with Crippen molar-refractivity contribution < 1.29 is 9.53 Å². The van der Waals surface area contributed by atoms with Crippen LogP contribution in [-0.4, -0.2) is 37.7 Å². The number of piperidine rings is 1. The van der Waals surface area contributed by atoms with E-state index in [0.717, 1.165) is 52.0 Å². The highest BCUT2D eigenvalue weighted by molar-refractivity contribution is 5.79. The summed E-state index contributed by atoms with van der Waals surface area (Å²) in [4.78, 5) is 12.1. The van der Waals surface area contributed by atoms with Gasteiger partial charge in [-0.25, -0.2) is 0 Å². The van der Waals surface area contributed by atoms with Crippen LogP contribution in [0.25, 0.3) is 0 Å². The molecule has 2 N–H and O–H groups in total. The van der Waals surface area contributed by atoms with E-state index in [0.29, 0.717) is 0 Å². The van der Waals surface area contributed by atoms with E-state index in [1.165, 1.54) is 0 Å². The summed E-state index contributed by atoms with van der Waals surface area (Å²) >= 11 is 0. The molecule has 0 aliphatic carbocycles. The fourth-order valence-electron chi connectivity index (χ4n) is 2.42. The largest absolute Gasteiger partial charge is 0.381 e. The smallest absolute Gasteiger partial charge is 0.224 e. The Morgan fingerprint density at radius 3 is 2.81 bits per heavy atom. The quantitative estimate of drug-likeness (QED) is 0.727. The normalized spacial score (nSPS) is 29.7. The maximum Gasteiger partial charge on any atom is 0.224 e. The molecule has 0 spiro atoms. The van der Waals surface area contributed by atoms with Crippen molar-refractivity contribution in [1.82, 2.24) is 10.6 Å². The SMILES string of the molecule is CC1(NC(=O)[C@H]2CCCNC2)CCOCC1. The number of nitrogens with one attached hydrogen (secondary N) is 2. The third-order valence-electron chi connectivity index (χ3n) is 3.69. The van der Waals surface area contributed by atoms with E-state index in [2.05, 4.69) is 17.6 Å². The summed E-state index contributed by atoms with van der Waals surface area (Å²) in [6.45, 7) is 5.54. The highest BCUT2D eigenvalue weighted by atomic mass is 16.5. The first-order chi connectivity index (χ1) is 7.70. The van der Waals surface area contributed by atoms with Crippen LogP contribution in [0.1, 0.15) is 32.6 Å². The lowest BCUT2D eigenvalue weighted by Crippen LogP contribution is -2.53. The van der Waals surface area contributed by atoms with Gasteiger partial charge in [0.15, 0.2) is 0 Å². The van der Waals surface area contributed by atoms with Crippen LogP contribution in [0, 0.1) is 5.92 Å². The van der Waals surface area contributed by atoms with Gasteiger partial charge in [-0.2, -0.15) is 0 Å². The van der Waals surface area contributed by atoms with Gasteiger partial charge in [0.2, 0.25) is 5.91 Å². The molecule has 2 aliphatic rings. The van der Waals surface area contributed by atoms with Gasteiger partial charge in [0.1, 0.15) is 0 Å². The highest BCUT2D eigenvalue weighted by Gasteiger charge is 2.31. The maximum atomic E-state index is 12.1. The summed E-state index contributed by atoms with van der Waals surface area (Å²) in [7, 11) is 0. The molecular weight excluding hydrogens is 204 g/mol. The summed E-state index contributed by atoms with van der Waals surface area (Å²) in [6.07, 6.45) is 3.99.